The van der Waals surface area contributed by atoms with Gasteiger partial charge in [0, 0.05) is 5.97 Å². The molecule has 0 fully saturated rings. The first-order valence-electron chi connectivity index (χ1n) is 6.14. The number of hydrogen-bond acceptors (Lipinski definition) is 5. The van der Waals surface area contributed by atoms with Gasteiger partial charge in [0.05, 0.1) is 4.90 Å². The number of rotatable bonds is 8. The molecule has 0 radical (unpaired) electrons. The molecule has 0 heterocycles. The number of aliphatic carboxylic acids is 1. The number of unbranched alkanes of at least 4 members (excludes halogenated alkanes) is 3. The van der Waals surface area contributed by atoms with Gasteiger partial charge in [-0.3, -0.25) is 0 Å². The van der Waals surface area contributed by atoms with Gasteiger partial charge in [-0.2, -0.15) is 0 Å². The van der Waals surface area contributed by atoms with E-state index >= 15 is 0 Å². The molecule has 0 bridgehead atoms. The van der Waals surface area contributed by atoms with E-state index in [-0.39, 0.29) is 11.3 Å². The second-order valence-corrected chi connectivity index (χ2v) is 5.76. The van der Waals surface area contributed by atoms with Crippen molar-refractivity contribution in [3.05, 3.63) is 29.8 Å². The molecule has 0 amide bonds. The van der Waals surface area contributed by atoms with E-state index in [9.17, 15) is 22.9 Å². The van der Waals surface area contributed by atoms with Crippen molar-refractivity contribution in [2.24, 2.45) is 0 Å². The van der Waals surface area contributed by atoms with Gasteiger partial charge < -0.3 is 14.5 Å². The van der Waals surface area contributed by atoms with Gasteiger partial charge in [-0.05, 0) is 43.4 Å². The number of carboxylic acid groups (broad SMARTS) is 1. The van der Waals surface area contributed by atoms with Crippen molar-refractivity contribution in [1.29, 1.82) is 0 Å². The van der Waals surface area contributed by atoms with E-state index in [0.717, 1.165) is 31.2 Å². The lowest BCUT2D eigenvalue weighted by molar-refractivity contribution is -0.305. The Bertz CT molecular complexity index is 504. The molecule has 1 aromatic rings. The highest BCUT2D eigenvalue weighted by molar-refractivity contribution is 7.85. The predicted molar refractivity (Wildman–Crippen MR) is 66.2 cm³/mol. The van der Waals surface area contributed by atoms with Crippen molar-refractivity contribution < 1.29 is 22.9 Å². The van der Waals surface area contributed by atoms with E-state index in [2.05, 4.69) is 0 Å². The van der Waals surface area contributed by atoms with Crippen LogP contribution >= 0.6 is 0 Å². The van der Waals surface area contributed by atoms with Gasteiger partial charge in [-0.25, -0.2) is 8.42 Å². The Morgan fingerprint density at radius 3 is 2.11 bits per heavy atom. The SMILES string of the molecule is O=C([O-])CCCCCCc1ccc(S(=O)(=O)[O-])cc1. The fourth-order valence-electron chi connectivity index (χ4n) is 1.77. The van der Waals surface area contributed by atoms with E-state index < -0.39 is 16.1 Å². The van der Waals surface area contributed by atoms with Gasteiger partial charge >= 0.3 is 0 Å². The number of carboxylic acids is 1. The second kappa shape index (κ2) is 7.25. The van der Waals surface area contributed by atoms with Crippen LogP contribution in [0.5, 0.6) is 0 Å². The summed E-state index contributed by atoms with van der Waals surface area (Å²) in [6.07, 6.45) is 4.14. The summed E-state index contributed by atoms with van der Waals surface area (Å²) >= 11 is 0. The maximum Gasteiger partial charge on any atom is 0.124 e. The summed E-state index contributed by atoms with van der Waals surface area (Å²) in [6.45, 7) is 0. The third-order valence-electron chi connectivity index (χ3n) is 2.81. The normalized spacial score (nSPS) is 11.4. The maximum absolute atomic E-state index is 10.7. The van der Waals surface area contributed by atoms with Crippen molar-refractivity contribution in [3.63, 3.8) is 0 Å². The largest absolute Gasteiger partial charge is 0.744 e. The molecule has 0 aliphatic heterocycles. The van der Waals surface area contributed by atoms with E-state index in [1.165, 1.54) is 12.1 Å². The van der Waals surface area contributed by atoms with Crippen LogP contribution in [-0.2, 0) is 21.3 Å². The molecule has 0 spiro atoms. The van der Waals surface area contributed by atoms with Crippen LogP contribution < -0.4 is 5.11 Å². The average Bonchev–Trinajstić information content (AvgIpc) is 2.32. The Morgan fingerprint density at radius 1 is 1.00 bits per heavy atom. The number of carbonyl (C=O) groups excluding carboxylic acids is 1. The summed E-state index contributed by atoms with van der Waals surface area (Å²) < 4.78 is 32.2. The number of carbonyl (C=O) groups is 1. The smallest absolute Gasteiger partial charge is 0.124 e. The highest BCUT2D eigenvalue weighted by Crippen LogP contribution is 2.13. The lowest BCUT2D eigenvalue weighted by Gasteiger charge is -2.08. The van der Waals surface area contributed by atoms with Crippen LogP contribution in [0.15, 0.2) is 29.2 Å². The molecular formula is C13H16O5S-2. The van der Waals surface area contributed by atoms with Gasteiger partial charge in [0.25, 0.3) is 0 Å². The molecule has 0 N–H and O–H groups in total. The highest BCUT2D eigenvalue weighted by Gasteiger charge is 2.00. The quantitative estimate of drug-likeness (QED) is 0.520. The van der Waals surface area contributed by atoms with Crippen molar-refractivity contribution in [3.8, 4) is 0 Å². The molecular weight excluding hydrogens is 268 g/mol. The molecule has 1 rings (SSSR count). The number of hydrogen-bond donors (Lipinski definition) is 0. The lowest BCUT2D eigenvalue weighted by Crippen LogP contribution is -2.21. The molecule has 106 valence electrons. The van der Waals surface area contributed by atoms with Crippen molar-refractivity contribution in [1.82, 2.24) is 0 Å². The first kappa shape index (κ1) is 15.7. The van der Waals surface area contributed by atoms with E-state index in [1.54, 1.807) is 12.1 Å². The molecule has 5 nitrogen and oxygen atoms in total. The zero-order valence-corrected chi connectivity index (χ0v) is 11.3. The zero-order chi connectivity index (χ0) is 14.3. The van der Waals surface area contributed by atoms with Crippen LogP contribution in [0.3, 0.4) is 0 Å². The summed E-state index contributed by atoms with van der Waals surface area (Å²) in [7, 11) is -4.37. The summed E-state index contributed by atoms with van der Waals surface area (Å²) in [5.74, 6) is -1.02. The molecule has 0 saturated heterocycles. The van der Waals surface area contributed by atoms with Gasteiger partial charge in [-0.15, -0.1) is 0 Å². The molecule has 0 saturated carbocycles. The molecule has 0 aliphatic carbocycles. The minimum atomic E-state index is -4.37. The van der Waals surface area contributed by atoms with Gasteiger partial charge in [-0.1, -0.05) is 25.0 Å². The topological polar surface area (TPSA) is 97.3 Å². The molecule has 1 aromatic carbocycles. The van der Waals surface area contributed by atoms with E-state index in [4.69, 9.17) is 0 Å². The maximum atomic E-state index is 10.7. The van der Waals surface area contributed by atoms with Crippen molar-refractivity contribution in [2.45, 2.75) is 43.4 Å². The Morgan fingerprint density at radius 2 is 1.58 bits per heavy atom. The van der Waals surface area contributed by atoms with Gasteiger partial charge in [0.1, 0.15) is 10.1 Å². The van der Waals surface area contributed by atoms with Crippen LogP contribution in [0.4, 0.5) is 0 Å². The Labute approximate surface area is 113 Å². The zero-order valence-electron chi connectivity index (χ0n) is 10.5. The minimum absolute atomic E-state index is 0.0933. The van der Waals surface area contributed by atoms with Crippen LogP contribution in [0.25, 0.3) is 0 Å². The van der Waals surface area contributed by atoms with Crippen LogP contribution in [-0.4, -0.2) is 18.9 Å². The summed E-state index contributed by atoms with van der Waals surface area (Å²) in [5.41, 5.74) is 0.965. The Hall–Kier alpha value is -1.40. The minimum Gasteiger partial charge on any atom is -0.744 e. The van der Waals surface area contributed by atoms with Crippen molar-refractivity contribution >= 4 is 16.1 Å². The average molecular weight is 284 g/mol. The molecule has 0 aliphatic rings. The number of benzene rings is 1. The Balaban J connectivity index is 2.29. The Kier molecular flexibility index (Phi) is 5.98. The third-order valence-corrected chi connectivity index (χ3v) is 3.66. The van der Waals surface area contributed by atoms with Crippen LogP contribution in [0.1, 0.15) is 37.7 Å². The first-order valence-corrected chi connectivity index (χ1v) is 7.55. The summed E-state index contributed by atoms with van der Waals surface area (Å²) in [5, 5.41) is 10.2. The third kappa shape index (κ3) is 6.35. The second-order valence-electron chi connectivity index (χ2n) is 4.38. The molecule has 0 aromatic heterocycles. The monoisotopic (exact) mass is 284 g/mol. The standard InChI is InChI=1S/C13H18O5S/c14-13(15)6-4-2-1-3-5-11-7-9-12(10-8-11)19(16,17)18/h7-10H,1-6H2,(H,14,15)(H,16,17,18)/p-2. The predicted octanol–water partition coefficient (Wildman–Crippen LogP) is 0.834. The molecule has 19 heavy (non-hydrogen) atoms. The first-order chi connectivity index (χ1) is 8.89. The highest BCUT2D eigenvalue weighted by atomic mass is 32.2. The summed E-state index contributed by atoms with van der Waals surface area (Å²) in [4.78, 5) is 9.96. The van der Waals surface area contributed by atoms with E-state index in [0.29, 0.717) is 6.42 Å². The van der Waals surface area contributed by atoms with Gasteiger partial charge in [0.15, 0.2) is 0 Å². The van der Waals surface area contributed by atoms with Crippen LogP contribution in [0, 0.1) is 0 Å². The number of aryl methyl sites for hydroxylation is 1. The fourth-order valence-corrected chi connectivity index (χ4v) is 2.24. The molecule has 0 unspecified atom stereocenters. The summed E-state index contributed by atoms with van der Waals surface area (Å²) in [6, 6.07) is 5.89. The lowest BCUT2D eigenvalue weighted by atomic mass is 10.1. The van der Waals surface area contributed by atoms with Crippen molar-refractivity contribution in [2.75, 3.05) is 0 Å². The van der Waals surface area contributed by atoms with Gasteiger partial charge in [0.2, 0.25) is 0 Å². The molecule has 0 atom stereocenters. The van der Waals surface area contributed by atoms with Crippen LogP contribution in [0.2, 0.25) is 0 Å². The van der Waals surface area contributed by atoms with E-state index in [1.807, 2.05) is 0 Å². The fraction of sp³-hybridized carbons (Fsp3) is 0.462. The molecule has 6 heteroatoms.